The van der Waals surface area contributed by atoms with Crippen LogP contribution in [0.3, 0.4) is 0 Å². The van der Waals surface area contributed by atoms with Gasteiger partial charge in [-0.3, -0.25) is 0 Å². The molecule has 0 aliphatic rings. The summed E-state index contributed by atoms with van der Waals surface area (Å²) in [6.07, 6.45) is 0. The van der Waals surface area contributed by atoms with E-state index >= 15 is 0 Å². The molecule has 0 bridgehead atoms. The van der Waals surface area contributed by atoms with E-state index in [4.69, 9.17) is 5.73 Å². The lowest BCUT2D eigenvalue weighted by molar-refractivity contribution is 0.553. The number of halogens is 3. The minimum absolute atomic E-state index is 0.264. The Hall–Kier alpha value is -1.47. The molecule has 0 aliphatic heterocycles. The van der Waals surface area contributed by atoms with Gasteiger partial charge < -0.3 is 5.73 Å². The lowest BCUT2D eigenvalue weighted by atomic mass is 10.2. The van der Waals surface area contributed by atoms with Gasteiger partial charge in [0.15, 0.2) is 9.84 Å². The van der Waals surface area contributed by atoms with Crippen LogP contribution in [0, 0.1) is 11.6 Å². The molecule has 2 rings (SSSR count). The van der Waals surface area contributed by atoms with Gasteiger partial charge in [-0.1, -0.05) is 22.0 Å². The van der Waals surface area contributed by atoms with Crippen LogP contribution in [-0.2, 0) is 15.6 Å². The number of nitrogens with two attached hydrogens (primary N) is 1. The average molecular weight is 362 g/mol. The second-order valence-electron chi connectivity index (χ2n) is 4.14. The normalized spacial score (nSPS) is 11.6. The molecule has 0 fully saturated rings. The van der Waals surface area contributed by atoms with E-state index in [9.17, 15) is 17.2 Å². The predicted octanol–water partition coefficient (Wildman–Crippen LogP) is 3.28. The van der Waals surface area contributed by atoms with Crippen LogP contribution < -0.4 is 5.73 Å². The summed E-state index contributed by atoms with van der Waals surface area (Å²) in [7, 11) is -4.04. The lowest BCUT2D eigenvalue weighted by Crippen LogP contribution is -2.10. The Morgan fingerprint density at radius 2 is 1.85 bits per heavy atom. The van der Waals surface area contributed by atoms with Crippen LogP contribution in [0.25, 0.3) is 0 Å². The Morgan fingerprint density at radius 3 is 2.50 bits per heavy atom. The molecule has 0 aromatic heterocycles. The number of benzene rings is 2. The third-order valence-corrected chi connectivity index (χ3v) is 5.11. The first kappa shape index (κ1) is 14.9. The van der Waals surface area contributed by atoms with Crippen molar-refractivity contribution in [3.8, 4) is 0 Å². The standard InChI is InChI=1S/C13H10BrF2NO2S/c14-10-2-1-3-12(17)9(10)7-20(18,19)13-6-8(15)4-5-11(13)16/h1-6H,7,17H2. The molecule has 0 unspecified atom stereocenters. The quantitative estimate of drug-likeness (QED) is 0.853. The largest absolute Gasteiger partial charge is 0.398 e. The monoisotopic (exact) mass is 361 g/mol. The van der Waals surface area contributed by atoms with E-state index in [2.05, 4.69) is 15.9 Å². The molecular formula is C13H10BrF2NO2S. The van der Waals surface area contributed by atoms with Crippen LogP contribution in [0.5, 0.6) is 0 Å². The van der Waals surface area contributed by atoms with Gasteiger partial charge in [-0.05, 0) is 30.3 Å². The van der Waals surface area contributed by atoms with Gasteiger partial charge in [-0.25, -0.2) is 17.2 Å². The second kappa shape index (κ2) is 5.49. The Bertz CT molecular complexity index is 743. The fourth-order valence-corrected chi connectivity index (χ4v) is 3.93. The molecule has 0 saturated carbocycles. The molecule has 0 amide bonds. The third-order valence-electron chi connectivity index (χ3n) is 2.72. The molecule has 20 heavy (non-hydrogen) atoms. The summed E-state index contributed by atoms with van der Waals surface area (Å²) in [6, 6.07) is 7.13. The van der Waals surface area contributed by atoms with Crippen molar-refractivity contribution in [2.75, 3.05) is 5.73 Å². The van der Waals surface area contributed by atoms with Crippen LogP contribution in [0.1, 0.15) is 5.56 Å². The molecule has 2 aromatic rings. The Kier molecular flexibility index (Phi) is 4.10. The molecule has 2 aromatic carbocycles. The highest BCUT2D eigenvalue weighted by atomic mass is 79.9. The number of hydrogen-bond acceptors (Lipinski definition) is 3. The molecule has 106 valence electrons. The van der Waals surface area contributed by atoms with Crippen molar-refractivity contribution >= 4 is 31.5 Å². The van der Waals surface area contributed by atoms with Crippen LogP contribution in [0.2, 0.25) is 0 Å². The summed E-state index contributed by atoms with van der Waals surface area (Å²) in [5, 5.41) is 0. The van der Waals surface area contributed by atoms with E-state index < -0.39 is 32.1 Å². The first-order valence-corrected chi connectivity index (χ1v) is 7.96. The van der Waals surface area contributed by atoms with Gasteiger partial charge in [0.1, 0.15) is 16.5 Å². The molecule has 0 aliphatic carbocycles. The van der Waals surface area contributed by atoms with E-state index in [0.717, 1.165) is 12.1 Å². The molecule has 0 heterocycles. The van der Waals surface area contributed by atoms with Gasteiger partial charge in [0, 0.05) is 15.7 Å². The maximum atomic E-state index is 13.6. The van der Waals surface area contributed by atoms with E-state index in [0.29, 0.717) is 16.1 Å². The van der Waals surface area contributed by atoms with Crippen molar-refractivity contribution in [1.29, 1.82) is 0 Å². The van der Waals surface area contributed by atoms with E-state index in [1.54, 1.807) is 12.1 Å². The summed E-state index contributed by atoms with van der Waals surface area (Å²) in [4.78, 5) is -0.673. The molecule has 3 nitrogen and oxygen atoms in total. The number of rotatable bonds is 3. The van der Waals surface area contributed by atoms with Crippen LogP contribution >= 0.6 is 15.9 Å². The number of nitrogen functional groups attached to an aromatic ring is 1. The highest BCUT2D eigenvalue weighted by Gasteiger charge is 2.22. The Labute approximate surface area is 123 Å². The van der Waals surface area contributed by atoms with Crippen molar-refractivity contribution in [3.05, 3.63) is 58.1 Å². The third kappa shape index (κ3) is 2.99. The number of hydrogen-bond donors (Lipinski definition) is 1. The number of sulfone groups is 1. The fraction of sp³-hybridized carbons (Fsp3) is 0.0769. The fourth-order valence-electron chi connectivity index (χ4n) is 1.71. The van der Waals surface area contributed by atoms with Crippen LogP contribution in [0.15, 0.2) is 45.8 Å². The van der Waals surface area contributed by atoms with Gasteiger partial charge in [-0.15, -0.1) is 0 Å². The van der Waals surface area contributed by atoms with Crippen molar-refractivity contribution in [3.63, 3.8) is 0 Å². The summed E-state index contributed by atoms with van der Waals surface area (Å²) in [6.45, 7) is 0. The highest BCUT2D eigenvalue weighted by molar-refractivity contribution is 9.10. The first-order chi connectivity index (χ1) is 9.31. The van der Waals surface area contributed by atoms with Gasteiger partial charge in [-0.2, -0.15) is 0 Å². The molecule has 0 saturated heterocycles. The predicted molar refractivity (Wildman–Crippen MR) is 75.8 cm³/mol. The van der Waals surface area contributed by atoms with Crippen molar-refractivity contribution in [1.82, 2.24) is 0 Å². The Morgan fingerprint density at radius 1 is 1.15 bits per heavy atom. The SMILES string of the molecule is Nc1cccc(Br)c1CS(=O)(=O)c1cc(F)ccc1F. The van der Waals surface area contributed by atoms with Crippen LogP contribution in [0.4, 0.5) is 14.5 Å². The summed E-state index contributed by atoms with van der Waals surface area (Å²) in [5.74, 6) is -2.32. The zero-order valence-corrected chi connectivity index (χ0v) is 12.5. The van der Waals surface area contributed by atoms with E-state index in [1.807, 2.05) is 0 Å². The number of anilines is 1. The van der Waals surface area contributed by atoms with Gasteiger partial charge in [0.25, 0.3) is 0 Å². The lowest BCUT2D eigenvalue weighted by Gasteiger charge is -2.10. The zero-order valence-electron chi connectivity index (χ0n) is 10.1. The molecule has 0 atom stereocenters. The van der Waals surface area contributed by atoms with Gasteiger partial charge in [0.2, 0.25) is 0 Å². The summed E-state index contributed by atoms with van der Waals surface area (Å²) in [5.41, 5.74) is 6.29. The zero-order chi connectivity index (χ0) is 14.9. The maximum absolute atomic E-state index is 13.6. The minimum atomic E-state index is -4.04. The van der Waals surface area contributed by atoms with E-state index in [-0.39, 0.29) is 5.69 Å². The molecule has 7 heteroatoms. The molecule has 0 radical (unpaired) electrons. The Balaban J connectivity index is 2.49. The van der Waals surface area contributed by atoms with Crippen LogP contribution in [-0.4, -0.2) is 8.42 Å². The van der Waals surface area contributed by atoms with E-state index in [1.165, 1.54) is 6.07 Å². The van der Waals surface area contributed by atoms with Gasteiger partial charge in [0.05, 0.1) is 5.75 Å². The van der Waals surface area contributed by atoms with Gasteiger partial charge >= 0.3 is 0 Å². The first-order valence-electron chi connectivity index (χ1n) is 5.52. The molecular weight excluding hydrogens is 352 g/mol. The summed E-state index contributed by atoms with van der Waals surface area (Å²) < 4.78 is 51.6. The second-order valence-corrected chi connectivity index (χ2v) is 6.95. The average Bonchev–Trinajstić information content (AvgIpc) is 2.37. The topological polar surface area (TPSA) is 60.2 Å². The smallest absolute Gasteiger partial charge is 0.185 e. The minimum Gasteiger partial charge on any atom is -0.398 e. The highest BCUT2D eigenvalue weighted by Crippen LogP contribution is 2.28. The van der Waals surface area contributed by atoms with Crippen molar-refractivity contribution < 1.29 is 17.2 Å². The summed E-state index contributed by atoms with van der Waals surface area (Å²) >= 11 is 3.19. The van der Waals surface area contributed by atoms with Crippen molar-refractivity contribution in [2.45, 2.75) is 10.6 Å². The maximum Gasteiger partial charge on any atom is 0.185 e. The molecule has 0 spiro atoms. The van der Waals surface area contributed by atoms with Crippen molar-refractivity contribution in [2.24, 2.45) is 0 Å². The molecule has 2 N–H and O–H groups in total.